The first-order valence-electron chi connectivity index (χ1n) is 6.39. The molecule has 0 fully saturated rings. The summed E-state index contributed by atoms with van der Waals surface area (Å²) in [4.78, 5) is 8.99. The fraction of sp³-hybridized carbons (Fsp3) is 0.286. The summed E-state index contributed by atoms with van der Waals surface area (Å²) in [6.07, 6.45) is 3.68. The first-order valence-corrected chi connectivity index (χ1v) is 8.29. The number of nitrogens with one attached hydrogen (secondary N) is 1. The maximum absolute atomic E-state index is 11.5. The van der Waals surface area contributed by atoms with Gasteiger partial charge in [-0.05, 0) is 12.1 Å². The second kappa shape index (κ2) is 4.96. The molecule has 2 aromatic rings. The van der Waals surface area contributed by atoms with Gasteiger partial charge in [0.15, 0.2) is 9.84 Å². The molecule has 0 saturated carbocycles. The van der Waals surface area contributed by atoms with Crippen LogP contribution in [0, 0.1) is 0 Å². The maximum Gasteiger partial charge on any atom is 0.175 e. The number of rotatable bonds is 2. The molecule has 1 aromatic carbocycles. The Hall–Kier alpha value is -1.79. The van der Waals surface area contributed by atoms with Gasteiger partial charge in [0.05, 0.1) is 16.3 Å². The number of sulfone groups is 1. The van der Waals surface area contributed by atoms with Gasteiger partial charge in [-0.25, -0.2) is 18.4 Å². The summed E-state index contributed by atoms with van der Waals surface area (Å²) >= 11 is 0. The minimum absolute atomic E-state index is 0.322. The van der Waals surface area contributed by atoms with Crippen molar-refractivity contribution in [3.05, 3.63) is 41.9 Å². The first kappa shape index (κ1) is 13.2. The Labute approximate surface area is 118 Å². The lowest BCUT2D eigenvalue weighted by molar-refractivity contribution is 0.602. The van der Waals surface area contributed by atoms with Crippen molar-refractivity contribution in [2.45, 2.75) is 17.9 Å². The van der Waals surface area contributed by atoms with E-state index in [4.69, 9.17) is 0 Å². The minimum Gasteiger partial charge on any atom is -0.312 e. The van der Waals surface area contributed by atoms with Gasteiger partial charge in [0, 0.05) is 36.9 Å². The monoisotopic (exact) mass is 289 g/mol. The van der Waals surface area contributed by atoms with Crippen LogP contribution in [-0.2, 0) is 22.8 Å². The molecule has 0 atom stereocenters. The zero-order valence-corrected chi connectivity index (χ0v) is 11.9. The third-order valence-electron chi connectivity index (χ3n) is 3.43. The second-order valence-corrected chi connectivity index (χ2v) is 6.89. The number of hydrogen-bond donors (Lipinski definition) is 1. The second-order valence-electron chi connectivity index (χ2n) is 4.87. The SMILES string of the molecule is CS(=O)(=O)c1ccc(-c2ncnc3c2CNCC3)cc1. The molecule has 0 amide bonds. The van der Waals surface area contributed by atoms with Crippen LogP contribution in [0.5, 0.6) is 0 Å². The van der Waals surface area contributed by atoms with Crippen LogP contribution in [0.1, 0.15) is 11.3 Å². The molecule has 2 heterocycles. The number of benzene rings is 1. The molecule has 6 heteroatoms. The van der Waals surface area contributed by atoms with Crippen molar-refractivity contribution in [3.63, 3.8) is 0 Å². The van der Waals surface area contributed by atoms with E-state index in [1.54, 1.807) is 30.6 Å². The summed E-state index contributed by atoms with van der Waals surface area (Å²) in [5, 5.41) is 3.31. The van der Waals surface area contributed by atoms with Gasteiger partial charge in [-0.3, -0.25) is 0 Å². The molecule has 1 aliphatic rings. The molecule has 0 bridgehead atoms. The first-order chi connectivity index (χ1) is 9.55. The Morgan fingerprint density at radius 2 is 1.90 bits per heavy atom. The summed E-state index contributed by atoms with van der Waals surface area (Å²) in [5.41, 5.74) is 3.97. The molecule has 0 aliphatic carbocycles. The highest BCUT2D eigenvalue weighted by Gasteiger charge is 2.16. The lowest BCUT2D eigenvalue weighted by atomic mass is 10.0. The number of hydrogen-bond acceptors (Lipinski definition) is 5. The van der Waals surface area contributed by atoms with Gasteiger partial charge >= 0.3 is 0 Å². The fourth-order valence-electron chi connectivity index (χ4n) is 2.38. The molecule has 1 N–H and O–H groups in total. The third-order valence-corrected chi connectivity index (χ3v) is 4.56. The summed E-state index contributed by atoms with van der Waals surface area (Å²) in [5.74, 6) is 0. The number of fused-ring (bicyclic) bond motifs is 1. The van der Waals surface area contributed by atoms with E-state index in [2.05, 4.69) is 15.3 Å². The van der Waals surface area contributed by atoms with Crippen molar-refractivity contribution in [2.24, 2.45) is 0 Å². The Balaban J connectivity index is 2.06. The van der Waals surface area contributed by atoms with E-state index in [0.29, 0.717) is 4.90 Å². The minimum atomic E-state index is -3.16. The van der Waals surface area contributed by atoms with Crippen LogP contribution >= 0.6 is 0 Å². The Bertz CT molecular complexity index is 740. The molecule has 0 saturated heterocycles. The zero-order valence-electron chi connectivity index (χ0n) is 11.1. The van der Waals surface area contributed by atoms with Crippen LogP contribution in [0.4, 0.5) is 0 Å². The molecule has 1 aromatic heterocycles. The molecule has 5 nitrogen and oxygen atoms in total. The van der Waals surface area contributed by atoms with Crippen molar-refractivity contribution >= 4 is 9.84 Å². The molecule has 0 radical (unpaired) electrons. The van der Waals surface area contributed by atoms with E-state index in [9.17, 15) is 8.42 Å². The molecule has 20 heavy (non-hydrogen) atoms. The Morgan fingerprint density at radius 1 is 1.15 bits per heavy atom. The van der Waals surface area contributed by atoms with E-state index in [-0.39, 0.29) is 0 Å². The predicted octanol–water partition coefficient (Wildman–Crippen LogP) is 1.19. The van der Waals surface area contributed by atoms with Gasteiger partial charge < -0.3 is 5.32 Å². The third kappa shape index (κ3) is 2.44. The van der Waals surface area contributed by atoms with Crippen LogP contribution in [0.15, 0.2) is 35.5 Å². The smallest absolute Gasteiger partial charge is 0.175 e. The maximum atomic E-state index is 11.5. The highest BCUT2D eigenvalue weighted by Crippen LogP contribution is 2.25. The van der Waals surface area contributed by atoms with E-state index in [1.807, 2.05) is 0 Å². The lowest BCUT2D eigenvalue weighted by Crippen LogP contribution is -2.25. The molecule has 0 spiro atoms. The van der Waals surface area contributed by atoms with E-state index >= 15 is 0 Å². The molecule has 104 valence electrons. The average Bonchev–Trinajstić information content (AvgIpc) is 2.46. The normalized spacial score (nSPS) is 14.8. The topological polar surface area (TPSA) is 72.0 Å². The largest absolute Gasteiger partial charge is 0.312 e. The Morgan fingerprint density at radius 3 is 2.60 bits per heavy atom. The van der Waals surface area contributed by atoms with Crippen molar-refractivity contribution in [2.75, 3.05) is 12.8 Å². The molecule has 0 unspecified atom stereocenters. The van der Waals surface area contributed by atoms with Crippen molar-refractivity contribution in [1.82, 2.24) is 15.3 Å². The van der Waals surface area contributed by atoms with Crippen LogP contribution in [-0.4, -0.2) is 31.2 Å². The lowest BCUT2D eigenvalue weighted by Gasteiger charge is -2.18. The average molecular weight is 289 g/mol. The summed E-state index contributed by atoms with van der Waals surface area (Å²) < 4.78 is 23.0. The molecule has 1 aliphatic heterocycles. The van der Waals surface area contributed by atoms with Crippen LogP contribution in [0.3, 0.4) is 0 Å². The number of nitrogens with zero attached hydrogens (tertiary/aromatic N) is 2. The van der Waals surface area contributed by atoms with Gasteiger partial charge in [0.2, 0.25) is 0 Å². The van der Waals surface area contributed by atoms with Gasteiger partial charge in [-0.15, -0.1) is 0 Å². The zero-order chi connectivity index (χ0) is 14.2. The van der Waals surface area contributed by atoms with E-state index < -0.39 is 9.84 Å². The summed E-state index contributed by atoms with van der Waals surface area (Å²) in [6.45, 7) is 1.68. The van der Waals surface area contributed by atoms with Crippen LogP contribution in [0.2, 0.25) is 0 Å². The molecule has 3 rings (SSSR count). The van der Waals surface area contributed by atoms with Crippen molar-refractivity contribution in [1.29, 1.82) is 0 Å². The Kier molecular flexibility index (Phi) is 3.27. The highest BCUT2D eigenvalue weighted by atomic mass is 32.2. The molecular weight excluding hydrogens is 274 g/mol. The quantitative estimate of drug-likeness (QED) is 0.899. The van der Waals surface area contributed by atoms with Gasteiger partial charge in [0.25, 0.3) is 0 Å². The predicted molar refractivity (Wildman–Crippen MR) is 76.0 cm³/mol. The molecular formula is C14H15N3O2S. The number of aromatic nitrogens is 2. The van der Waals surface area contributed by atoms with Crippen molar-refractivity contribution < 1.29 is 8.42 Å². The van der Waals surface area contributed by atoms with E-state index in [0.717, 1.165) is 42.0 Å². The van der Waals surface area contributed by atoms with Crippen molar-refractivity contribution in [3.8, 4) is 11.3 Å². The van der Waals surface area contributed by atoms with Gasteiger partial charge in [-0.1, -0.05) is 12.1 Å². The standard InChI is InChI=1S/C14H15N3O2S/c1-20(18,19)11-4-2-10(3-5-11)14-12-8-15-7-6-13(12)16-9-17-14/h2-5,9,15H,6-8H2,1H3. The highest BCUT2D eigenvalue weighted by molar-refractivity contribution is 7.90. The van der Waals surface area contributed by atoms with Gasteiger partial charge in [0.1, 0.15) is 6.33 Å². The summed E-state index contributed by atoms with van der Waals surface area (Å²) in [7, 11) is -3.16. The summed E-state index contributed by atoms with van der Waals surface area (Å²) in [6, 6.07) is 6.84. The van der Waals surface area contributed by atoms with Gasteiger partial charge in [-0.2, -0.15) is 0 Å². The fourth-order valence-corrected chi connectivity index (χ4v) is 3.01. The van der Waals surface area contributed by atoms with E-state index in [1.165, 1.54) is 6.26 Å². The van der Waals surface area contributed by atoms with Crippen LogP contribution in [0.25, 0.3) is 11.3 Å². The van der Waals surface area contributed by atoms with Crippen LogP contribution < -0.4 is 5.32 Å².